The topological polar surface area (TPSA) is 29.5 Å². The highest BCUT2D eigenvalue weighted by Crippen LogP contribution is 2.50. The first-order valence-electron chi connectivity index (χ1n) is 13.2. The first-order chi connectivity index (χ1) is 18.7. The van der Waals surface area contributed by atoms with Crippen LogP contribution in [0.3, 0.4) is 0 Å². The molecule has 0 saturated heterocycles. The number of fused-ring (bicyclic) bond motifs is 8. The van der Waals surface area contributed by atoms with Gasteiger partial charge in [0.25, 0.3) is 0 Å². The molecule has 0 radical (unpaired) electrons. The number of para-hydroxylation sites is 1. The molecule has 0 bridgehead atoms. The average Bonchev–Trinajstić information content (AvgIpc) is 3.13. The highest BCUT2D eigenvalue weighted by atomic mass is 35.5. The van der Waals surface area contributed by atoms with E-state index < -0.39 is 8.16 Å². The average molecular weight is 536 g/mol. The van der Waals surface area contributed by atoms with Gasteiger partial charge in [-0.1, -0.05) is 116 Å². The normalized spacial score (nSPS) is 15.0. The molecule has 0 aliphatic carbocycles. The van der Waals surface area contributed by atoms with Crippen molar-refractivity contribution in [1.82, 2.24) is 0 Å². The second kappa shape index (κ2) is 9.58. The Morgan fingerprint density at radius 3 is 2.03 bits per heavy atom. The summed E-state index contributed by atoms with van der Waals surface area (Å²) in [5.74, 6) is 0. The van der Waals surface area contributed by atoms with Crippen LogP contribution in [0.1, 0.15) is 31.7 Å². The van der Waals surface area contributed by atoms with Crippen LogP contribution in [0.2, 0.25) is 5.02 Å². The van der Waals surface area contributed by atoms with Crippen LogP contribution in [0.4, 0.5) is 5.69 Å². The minimum atomic E-state index is -1.56. The fourth-order valence-electron chi connectivity index (χ4n) is 5.65. The quantitative estimate of drug-likeness (QED) is 0.225. The van der Waals surface area contributed by atoms with Crippen LogP contribution >= 0.6 is 19.8 Å². The summed E-state index contributed by atoms with van der Waals surface area (Å²) in [6.45, 7) is 2.23. The third-order valence-corrected chi connectivity index (χ3v) is 9.33. The molecule has 1 atom stereocenters. The zero-order valence-corrected chi connectivity index (χ0v) is 22.8. The van der Waals surface area contributed by atoms with E-state index in [1.165, 1.54) is 10.8 Å². The molecule has 1 aliphatic heterocycles. The third kappa shape index (κ3) is 3.81. The lowest BCUT2D eigenvalue weighted by molar-refractivity contribution is 0.600. The Kier molecular flexibility index (Phi) is 5.92. The number of nitrogens with zero attached hydrogens (tertiary/aromatic N) is 1. The van der Waals surface area contributed by atoms with Crippen LogP contribution in [0.15, 0.2) is 105 Å². The molecular weight excluding hydrogens is 509 g/mol. The van der Waals surface area contributed by atoms with E-state index in [1.807, 2.05) is 12.1 Å². The third-order valence-electron chi connectivity index (χ3n) is 7.47. The van der Waals surface area contributed by atoms with Gasteiger partial charge in [-0.2, -0.15) is 0 Å². The van der Waals surface area contributed by atoms with Crippen molar-refractivity contribution < 1.29 is 8.39 Å². The van der Waals surface area contributed by atoms with Gasteiger partial charge in [0.05, 0.1) is 16.8 Å². The van der Waals surface area contributed by atoms with Crippen molar-refractivity contribution in [2.45, 2.75) is 32.2 Å². The minimum absolute atomic E-state index is 0.124. The minimum Gasteiger partial charge on any atom is -0.404 e. The fraction of sp³-hybridized carbons (Fsp3) is 0.152. The number of halogens is 1. The molecule has 5 aromatic carbocycles. The molecule has 0 fully saturated rings. The zero-order chi connectivity index (χ0) is 25.6. The SMILES string of the molecule is CCCC[C@H]1C=Cc2cccc(Cl)c2N1p1oc2ccc3ccccc3c2c2c(ccc3ccccc32)o1. The summed E-state index contributed by atoms with van der Waals surface area (Å²) in [6, 6.07) is 31.7. The van der Waals surface area contributed by atoms with Gasteiger partial charge in [-0.05, 0) is 51.7 Å². The van der Waals surface area contributed by atoms with Gasteiger partial charge >= 0.3 is 8.16 Å². The lowest BCUT2D eigenvalue weighted by Crippen LogP contribution is -2.29. The molecule has 0 saturated carbocycles. The Balaban J connectivity index is 1.63. The Labute approximate surface area is 227 Å². The largest absolute Gasteiger partial charge is 0.404 e. The Morgan fingerprint density at radius 1 is 0.763 bits per heavy atom. The molecule has 0 unspecified atom stereocenters. The zero-order valence-electron chi connectivity index (χ0n) is 21.1. The lowest BCUT2D eigenvalue weighted by Gasteiger charge is -2.33. The number of unbranched alkanes of at least 4 members (excludes halogenated alkanes) is 1. The fourth-order valence-corrected chi connectivity index (χ4v) is 7.66. The van der Waals surface area contributed by atoms with E-state index >= 15 is 0 Å². The summed E-state index contributed by atoms with van der Waals surface area (Å²) in [5.41, 5.74) is 3.74. The molecule has 6 aromatic rings. The summed E-state index contributed by atoms with van der Waals surface area (Å²) in [6.07, 6.45) is 7.69. The van der Waals surface area contributed by atoms with Gasteiger partial charge in [0.15, 0.2) is 0 Å². The van der Waals surface area contributed by atoms with Gasteiger partial charge in [0.2, 0.25) is 0 Å². The smallest absolute Gasteiger partial charge is 0.342 e. The number of benzene rings is 5. The summed E-state index contributed by atoms with van der Waals surface area (Å²) in [5, 5.41) is 7.54. The van der Waals surface area contributed by atoms with E-state index in [2.05, 4.69) is 103 Å². The highest BCUT2D eigenvalue weighted by molar-refractivity contribution is 7.39. The predicted molar refractivity (Wildman–Crippen MR) is 163 cm³/mol. The van der Waals surface area contributed by atoms with Crippen LogP contribution in [-0.4, -0.2) is 6.04 Å². The lowest BCUT2D eigenvalue weighted by atomic mass is 9.99. The van der Waals surface area contributed by atoms with Crippen molar-refractivity contribution in [3.05, 3.63) is 108 Å². The summed E-state index contributed by atoms with van der Waals surface area (Å²) in [7, 11) is -1.56. The number of hydrogen-bond donors (Lipinski definition) is 0. The van der Waals surface area contributed by atoms with E-state index in [1.54, 1.807) is 0 Å². The molecule has 0 amide bonds. The second-order valence-corrected chi connectivity index (χ2v) is 11.5. The van der Waals surface area contributed by atoms with Crippen LogP contribution in [0.5, 0.6) is 0 Å². The molecular formula is C33H27ClNO2P. The Morgan fingerprint density at radius 2 is 1.39 bits per heavy atom. The maximum absolute atomic E-state index is 6.93. The van der Waals surface area contributed by atoms with Gasteiger partial charge in [0, 0.05) is 10.8 Å². The van der Waals surface area contributed by atoms with Crippen molar-refractivity contribution in [2.75, 3.05) is 4.67 Å². The van der Waals surface area contributed by atoms with Gasteiger partial charge in [-0.25, -0.2) is 0 Å². The number of rotatable bonds is 4. The van der Waals surface area contributed by atoms with Gasteiger partial charge < -0.3 is 8.39 Å². The van der Waals surface area contributed by atoms with E-state index in [4.69, 9.17) is 20.0 Å². The maximum atomic E-state index is 6.93. The second-order valence-electron chi connectivity index (χ2n) is 9.83. The summed E-state index contributed by atoms with van der Waals surface area (Å²) in [4.78, 5) is 0. The molecule has 1 aromatic heterocycles. The molecule has 1 aliphatic rings. The number of hydrogen-bond acceptors (Lipinski definition) is 3. The molecule has 7 rings (SSSR count). The van der Waals surface area contributed by atoms with Crippen molar-refractivity contribution in [3.8, 4) is 0 Å². The summed E-state index contributed by atoms with van der Waals surface area (Å²) < 4.78 is 16.2. The molecule has 2 heterocycles. The van der Waals surface area contributed by atoms with Gasteiger partial charge in [0.1, 0.15) is 11.2 Å². The number of anilines is 1. The summed E-state index contributed by atoms with van der Waals surface area (Å²) >= 11 is 6.88. The molecule has 0 N–H and O–H groups in total. The van der Waals surface area contributed by atoms with E-state index in [9.17, 15) is 0 Å². The first-order valence-corrected chi connectivity index (χ1v) is 14.7. The van der Waals surface area contributed by atoms with Crippen LogP contribution in [-0.2, 0) is 0 Å². The highest BCUT2D eigenvalue weighted by Gasteiger charge is 2.30. The van der Waals surface area contributed by atoms with Gasteiger partial charge in [-0.3, -0.25) is 4.67 Å². The molecule has 5 heteroatoms. The van der Waals surface area contributed by atoms with Crippen LogP contribution in [0.25, 0.3) is 49.6 Å². The predicted octanol–water partition coefficient (Wildman–Crippen LogP) is 11.1. The Bertz CT molecular complexity index is 1810. The first kappa shape index (κ1) is 23.5. The van der Waals surface area contributed by atoms with E-state index in [-0.39, 0.29) is 6.04 Å². The van der Waals surface area contributed by atoms with Crippen LogP contribution in [0, 0.1) is 0 Å². The molecule has 188 valence electrons. The molecule has 3 nitrogen and oxygen atoms in total. The van der Waals surface area contributed by atoms with E-state index in [0.29, 0.717) is 5.02 Å². The van der Waals surface area contributed by atoms with Gasteiger partial charge in [-0.15, -0.1) is 0 Å². The van der Waals surface area contributed by atoms with Crippen molar-refractivity contribution in [2.24, 2.45) is 0 Å². The van der Waals surface area contributed by atoms with Crippen LogP contribution < -0.4 is 4.67 Å². The molecule has 38 heavy (non-hydrogen) atoms. The van der Waals surface area contributed by atoms with E-state index in [0.717, 1.165) is 63.2 Å². The monoisotopic (exact) mass is 535 g/mol. The maximum Gasteiger partial charge on any atom is 0.342 e. The van der Waals surface area contributed by atoms with Crippen molar-refractivity contribution in [3.63, 3.8) is 0 Å². The Hall–Kier alpha value is -3.65. The van der Waals surface area contributed by atoms with Crippen molar-refractivity contribution >= 4 is 75.0 Å². The molecule has 0 spiro atoms. The van der Waals surface area contributed by atoms with Crippen molar-refractivity contribution in [1.29, 1.82) is 0 Å². The standard InChI is InChI=1S/C33H27ClNO2P/c1-2-3-12-25-19-16-24-11-8-15-28(34)33(24)35(25)38-36-29-20-17-22-9-4-6-13-26(22)31(29)32-27-14-7-5-10-23(27)18-21-30(32)37-38/h4-11,13-21,25H,2-3,12H2,1H3/t25-/m0/s1.